The third kappa shape index (κ3) is 3.14. The number of hydrogen-bond donors (Lipinski definition) is 1. The van der Waals surface area contributed by atoms with Gasteiger partial charge in [-0.25, -0.2) is 4.98 Å². The van der Waals surface area contributed by atoms with Gasteiger partial charge in [0.25, 0.3) is 0 Å². The second kappa shape index (κ2) is 5.59. The molecule has 0 fully saturated rings. The van der Waals surface area contributed by atoms with Crippen molar-refractivity contribution in [1.29, 1.82) is 0 Å². The highest BCUT2D eigenvalue weighted by Gasteiger charge is 2.03. The van der Waals surface area contributed by atoms with E-state index in [2.05, 4.69) is 16.4 Å². The average molecular weight is 246 g/mol. The smallest absolute Gasteiger partial charge is 0.164 e. The fraction of sp³-hybridized carbons (Fsp3) is 0.231. The molecule has 0 aliphatic rings. The second-order valence-corrected chi connectivity index (χ2v) is 4.67. The minimum atomic E-state index is 0.127. The number of thiophene rings is 1. The summed E-state index contributed by atoms with van der Waals surface area (Å²) in [6, 6.07) is 7.76. The number of Topliss-reactive ketones (excluding diaryl/α,β-unsaturated/α-hetero) is 1. The Bertz CT molecular complexity index is 477. The van der Waals surface area contributed by atoms with Crippen LogP contribution in [0.2, 0.25) is 0 Å². The van der Waals surface area contributed by atoms with Crippen LogP contribution in [0.5, 0.6) is 0 Å². The highest BCUT2D eigenvalue weighted by molar-refractivity contribution is 7.09. The number of aromatic nitrogens is 1. The van der Waals surface area contributed by atoms with Gasteiger partial charge in [0, 0.05) is 23.1 Å². The van der Waals surface area contributed by atoms with Crippen molar-refractivity contribution in [3.8, 4) is 0 Å². The van der Waals surface area contributed by atoms with Gasteiger partial charge < -0.3 is 5.32 Å². The van der Waals surface area contributed by atoms with E-state index in [9.17, 15) is 4.79 Å². The van der Waals surface area contributed by atoms with E-state index >= 15 is 0 Å². The van der Waals surface area contributed by atoms with Crippen LogP contribution in [0.25, 0.3) is 0 Å². The average Bonchev–Trinajstić information content (AvgIpc) is 2.89. The number of nitrogens with zero attached hydrogens (tertiary/aromatic N) is 1. The first-order valence-corrected chi connectivity index (χ1v) is 6.43. The Morgan fingerprint density at radius 2 is 2.29 bits per heavy atom. The molecule has 3 nitrogen and oxygen atoms in total. The first-order chi connectivity index (χ1) is 8.29. The molecule has 1 N–H and O–H groups in total. The van der Waals surface area contributed by atoms with E-state index in [0.29, 0.717) is 12.0 Å². The first-order valence-electron chi connectivity index (χ1n) is 5.55. The summed E-state index contributed by atoms with van der Waals surface area (Å²) in [5.41, 5.74) is 0.675. The fourth-order valence-corrected chi connectivity index (χ4v) is 2.10. The van der Waals surface area contributed by atoms with Crippen molar-refractivity contribution in [1.82, 2.24) is 4.98 Å². The van der Waals surface area contributed by atoms with Crippen LogP contribution in [-0.4, -0.2) is 10.8 Å². The van der Waals surface area contributed by atoms with Crippen LogP contribution in [0, 0.1) is 0 Å². The van der Waals surface area contributed by atoms with E-state index in [1.165, 1.54) is 4.88 Å². The zero-order valence-corrected chi connectivity index (χ0v) is 10.5. The molecule has 0 saturated heterocycles. The van der Waals surface area contributed by atoms with E-state index in [1.807, 2.05) is 30.5 Å². The summed E-state index contributed by atoms with van der Waals surface area (Å²) in [7, 11) is 0. The number of anilines is 1. The lowest BCUT2D eigenvalue weighted by Crippen LogP contribution is -2.02. The summed E-state index contributed by atoms with van der Waals surface area (Å²) < 4.78 is 0. The SMILES string of the molecule is CCC(=O)c1ccc(NCc2cccs2)nc1. The first kappa shape index (κ1) is 11.8. The van der Waals surface area contributed by atoms with Crippen LogP contribution in [0.1, 0.15) is 28.6 Å². The highest BCUT2D eigenvalue weighted by Crippen LogP contribution is 2.12. The molecule has 4 heteroatoms. The summed E-state index contributed by atoms with van der Waals surface area (Å²) >= 11 is 1.71. The molecule has 2 heterocycles. The monoisotopic (exact) mass is 246 g/mol. The van der Waals surface area contributed by atoms with Crippen LogP contribution >= 0.6 is 11.3 Å². The van der Waals surface area contributed by atoms with Crippen LogP contribution in [0.15, 0.2) is 35.8 Å². The van der Waals surface area contributed by atoms with Gasteiger partial charge in [-0.2, -0.15) is 0 Å². The molecule has 2 rings (SSSR count). The minimum Gasteiger partial charge on any atom is -0.365 e. The van der Waals surface area contributed by atoms with Crippen LogP contribution < -0.4 is 5.32 Å². The number of ketones is 1. The van der Waals surface area contributed by atoms with Crippen molar-refractivity contribution in [3.63, 3.8) is 0 Å². The molecule has 0 spiro atoms. The summed E-state index contributed by atoms with van der Waals surface area (Å²) in [5, 5.41) is 5.27. The Morgan fingerprint density at radius 1 is 1.41 bits per heavy atom. The largest absolute Gasteiger partial charge is 0.365 e. The standard InChI is InChI=1S/C13H14N2OS/c1-2-12(16)10-5-6-13(14-8-10)15-9-11-4-3-7-17-11/h3-8H,2,9H2,1H3,(H,14,15). The summed E-state index contributed by atoms with van der Waals surface area (Å²) in [6.45, 7) is 2.62. The maximum absolute atomic E-state index is 11.4. The maximum Gasteiger partial charge on any atom is 0.164 e. The normalized spacial score (nSPS) is 10.2. The maximum atomic E-state index is 11.4. The Kier molecular flexibility index (Phi) is 3.88. The number of rotatable bonds is 5. The molecule has 0 radical (unpaired) electrons. The van der Waals surface area contributed by atoms with E-state index in [1.54, 1.807) is 17.5 Å². The molecule has 0 aromatic carbocycles. The van der Waals surface area contributed by atoms with E-state index in [4.69, 9.17) is 0 Å². The van der Waals surface area contributed by atoms with Crippen molar-refractivity contribution in [2.45, 2.75) is 19.9 Å². The molecule has 88 valence electrons. The number of hydrogen-bond acceptors (Lipinski definition) is 4. The van der Waals surface area contributed by atoms with Gasteiger partial charge in [0.1, 0.15) is 5.82 Å². The minimum absolute atomic E-state index is 0.127. The molecular weight excluding hydrogens is 232 g/mol. The van der Waals surface area contributed by atoms with Crippen LogP contribution in [0.4, 0.5) is 5.82 Å². The summed E-state index contributed by atoms with van der Waals surface area (Å²) in [5.74, 6) is 0.924. The third-order valence-electron chi connectivity index (χ3n) is 2.43. The van der Waals surface area contributed by atoms with Gasteiger partial charge in [-0.05, 0) is 23.6 Å². The van der Waals surface area contributed by atoms with Gasteiger partial charge in [0.15, 0.2) is 5.78 Å². The van der Waals surface area contributed by atoms with Crippen LogP contribution in [0.3, 0.4) is 0 Å². The fourth-order valence-electron chi connectivity index (χ4n) is 1.46. The molecule has 0 unspecified atom stereocenters. The second-order valence-electron chi connectivity index (χ2n) is 3.64. The zero-order valence-electron chi connectivity index (χ0n) is 9.64. The van der Waals surface area contributed by atoms with Gasteiger partial charge in [0.05, 0.1) is 6.54 Å². The molecule has 0 saturated carbocycles. The quantitative estimate of drug-likeness (QED) is 0.823. The number of pyridine rings is 1. The molecule has 0 bridgehead atoms. The molecule has 0 amide bonds. The Hall–Kier alpha value is -1.68. The number of carbonyl (C=O) groups is 1. The van der Waals surface area contributed by atoms with Crippen LogP contribution in [-0.2, 0) is 6.54 Å². The summed E-state index contributed by atoms with van der Waals surface area (Å²) in [4.78, 5) is 16.9. The van der Waals surface area contributed by atoms with Crippen molar-refractivity contribution in [2.75, 3.05) is 5.32 Å². The van der Waals surface area contributed by atoms with Crippen molar-refractivity contribution < 1.29 is 4.79 Å². The van der Waals surface area contributed by atoms with Gasteiger partial charge >= 0.3 is 0 Å². The third-order valence-corrected chi connectivity index (χ3v) is 3.31. The van der Waals surface area contributed by atoms with Gasteiger partial charge in [-0.15, -0.1) is 11.3 Å². The lowest BCUT2D eigenvalue weighted by atomic mass is 10.1. The predicted molar refractivity (Wildman–Crippen MR) is 70.5 cm³/mol. The Balaban J connectivity index is 1.96. The number of carbonyl (C=O) groups excluding carboxylic acids is 1. The molecule has 0 aliphatic carbocycles. The number of nitrogens with one attached hydrogen (secondary N) is 1. The highest BCUT2D eigenvalue weighted by atomic mass is 32.1. The van der Waals surface area contributed by atoms with Gasteiger partial charge in [-0.3, -0.25) is 4.79 Å². The molecule has 2 aromatic heterocycles. The van der Waals surface area contributed by atoms with E-state index in [0.717, 1.165) is 12.4 Å². The van der Waals surface area contributed by atoms with Crippen molar-refractivity contribution in [3.05, 3.63) is 46.3 Å². The Labute approximate surface area is 105 Å². The lowest BCUT2D eigenvalue weighted by Gasteiger charge is -2.04. The Morgan fingerprint density at radius 3 is 2.88 bits per heavy atom. The zero-order chi connectivity index (χ0) is 12.1. The molecule has 0 aliphatic heterocycles. The summed E-state index contributed by atoms with van der Waals surface area (Å²) in [6.07, 6.45) is 2.15. The molecule has 17 heavy (non-hydrogen) atoms. The molecular formula is C13H14N2OS. The van der Waals surface area contributed by atoms with Gasteiger partial charge in [-0.1, -0.05) is 13.0 Å². The lowest BCUT2D eigenvalue weighted by molar-refractivity contribution is 0.0988. The topological polar surface area (TPSA) is 42.0 Å². The molecule has 2 aromatic rings. The van der Waals surface area contributed by atoms with E-state index < -0.39 is 0 Å². The van der Waals surface area contributed by atoms with E-state index in [-0.39, 0.29) is 5.78 Å². The van der Waals surface area contributed by atoms with Crippen molar-refractivity contribution in [2.24, 2.45) is 0 Å². The van der Waals surface area contributed by atoms with Gasteiger partial charge in [0.2, 0.25) is 0 Å². The predicted octanol–water partition coefficient (Wildman–Crippen LogP) is 3.35. The van der Waals surface area contributed by atoms with Crippen molar-refractivity contribution >= 4 is 22.9 Å². The molecule has 0 atom stereocenters.